The van der Waals surface area contributed by atoms with Crippen LogP contribution in [0.2, 0.25) is 0 Å². The van der Waals surface area contributed by atoms with Gasteiger partial charge in [0.2, 0.25) is 17.0 Å². The molecule has 9 nitrogen and oxygen atoms in total. The highest BCUT2D eigenvalue weighted by atomic mass is 32.2. The first-order valence-corrected chi connectivity index (χ1v) is 11.2. The summed E-state index contributed by atoms with van der Waals surface area (Å²) < 4.78 is 10.7. The zero-order valence-electron chi connectivity index (χ0n) is 19.0. The van der Waals surface area contributed by atoms with Crippen LogP contribution in [0.15, 0.2) is 47.6 Å². The second kappa shape index (κ2) is 8.78. The Labute approximate surface area is 195 Å². The topological polar surface area (TPSA) is 109 Å². The third-order valence-electron chi connectivity index (χ3n) is 5.49. The third-order valence-corrected chi connectivity index (χ3v) is 6.44. The van der Waals surface area contributed by atoms with Crippen molar-refractivity contribution < 1.29 is 19.1 Å². The number of aromatic amines is 1. The molecular formula is C23H25N5O4S. The number of carbonyl (C=O) groups is 2. The van der Waals surface area contributed by atoms with Crippen molar-refractivity contribution >= 4 is 35.0 Å². The molecule has 1 atom stereocenters. The highest BCUT2D eigenvalue weighted by Gasteiger charge is 2.44. The first-order chi connectivity index (χ1) is 15.8. The molecule has 0 saturated carbocycles. The van der Waals surface area contributed by atoms with Gasteiger partial charge in [-0.3, -0.25) is 19.6 Å². The van der Waals surface area contributed by atoms with E-state index >= 15 is 0 Å². The number of methoxy groups -OCH3 is 2. The average Bonchev–Trinajstić information content (AvgIpc) is 3.27. The zero-order valence-corrected chi connectivity index (χ0v) is 19.8. The summed E-state index contributed by atoms with van der Waals surface area (Å²) in [5.74, 6) is 1.32. The number of rotatable bonds is 6. The van der Waals surface area contributed by atoms with Gasteiger partial charge < -0.3 is 14.8 Å². The number of nitrogens with one attached hydrogen (secondary N) is 2. The van der Waals surface area contributed by atoms with Crippen molar-refractivity contribution in [1.29, 1.82) is 0 Å². The van der Waals surface area contributed by atoms with E-state index in [-0.39, 0.29) is 11.8 Å². The van der Waals surface area contributed by atoms with Crippen LogP contribution >= 0.6 is 11.8 Å². The number of fused-ring (bicyclic) bond motifs is 1. The third kappa shape index (κ3) is 4.13. The van der Waals surface area contributed by atoms with Gasteiger partial charge in [-0.2, -0.15) is 0 Å². The van der Waals surface area contributed by atoms with Gasteiger partial charge in [-0.05, 0) is 45.0 Å². The van der Waals surface area contributed by atoms with Gasteiger partial charge in [0.1, 0.15) is 17.0 Å². The molecule has 2 amide bonds. The van der Waals surface area contributed by atoms with Crippen molar-refractivity contribution in [3.63, 3.8) is 0 Å². The number of carbonyl (C=O) groups excluding carboxylic acids is 2. The highest BCUT2D eigenvalue weighted by molar-refractivity contribution is 8.00. The first-order valence-electron chi connectivity index (χ1n) is 10.3. The highest BCUT2D eigenvalue weighted by Crippen LogP contribution is 2.39. The van der Waals surface area contributed by atoms with Crippen LogP contribution < -0.4 is 19.7 Å². The summed E-state index contributed by atoms with van der Waals surface area (Å²) in [5, 5.41) is 9.92. The Bertz CT molecular complexity index is 1210. The Kier molecular flexibility index (Phi) is 6.03. The minimum Gasteiger partial charge on any atom is -0.497 e. The van der Waals surface area contributed by atoms with E-state index in [1.54, 1.807) is 58.1 Å². The van der Waals surface area contributed by atoms with Gasteiger partial charge in [-0.25, -0.2) is 4.98 Å². The number of hydrogen-bond donors (Lipinski definition) is 2. The largest absolute Gasteiger partial charge is 0.497 e. The zero-order chi connectivity index (χ0) is 23.8. The van der Waals surface area contributed by atoms with Crippen LogP contribution in [0.25, 0.3) is 11.4 Å². The van der Waals surface area contributed by atoms with Crippen LogP contribution in [0.1, 0.15) is 20.8 Å². The normalized spacial score (nSPS) is 15.4. The lowest BCUT2D eigenvalue weighted by molar-refractivity contribution is -0.126. The minimum atomic E-state index is -1.04. The maximum absolute atomic E-state index is 13.5. The smallest absolute Gasteiger partial charge is 0.250 e. The van der Waals surface area contributed by atoms with Crippen molar-refractivity contribution in [3.8, 4) is 22.9 Å². The molecule has 1 aliphatic rings. The fraction of sp³-hybridized carbons (Fsp3) is 0.304. The first kappa shape index (κ1) is 22.7. The number of amides is 2. The number of thioether (sulfide) groups is 1. The van der Waals surface area contributed by atoms with E-state index in [9.17, 15) is 9.59 Å². The van der Waals surface area contributed by atoms with Crippen LogP contribution in [0, 0.1) is 0 Å². The molecule has 0 fully saturated rings. The maximum Gasteiger partial charge on any atom is 0.250 e. The summed E-state index contributed by atoms with van der Waals surface area (Å²) in [7, 11) is 3.15. The SMILES string of the molecule is COc1ccc(-c2nc(SC(C)C(=O)N3c4ccccc4NC(=O)C3(C)C)n[nH]2)c(OC)c1. The maximum atomic E-state index is 13.5. The van der Waals surface area contributed by atoms with E-state index in [0.717, 1.165) is 5.56 Å². The lowest BCUT2D eigenvalue weighted by Crippen LogP contribution is -2.60. The monoisotopic (exact) mass is 467 g/mol. The van der Waals surface area contributed by atoms with Crippen LogP contribution in [0.4, 0.5) is 11.4 Å². The van der Waals surface area contributed by atoms with E-state index in [2.05, 4.69) is 20.5 Å². The molecule has 1 aromatic heterocycles. The number of H-pyrrole nitrogens is 1. The van der Waals surface area contributed by atoms with Crippen LogP contribution in [0.5, 0.6) is 11.5 Å². The van der Waals surface area contributed by atoms with E-state index in [1.807, 2.05) is 24.3 Å². The molecule has 0 bridgehead atoms. The van der Waals surface area contributed by atoms with Gasteiger partial charge in [0.25, 0.3) is 0 Å². The second-order valence-electron chi connectivity index (χ2n) is 8.00. The quantitative estimate of drug-likeness (QED) is 0.532. The predicted octanol–water partition coefficient (Wildman–Crippen LogP) is 3.73. The van der Waals surface area contributed by atoms with Crippen molar-refractivity contribution in [3.05, 3.63) is 42.5 Å². The van der Waals surface area contributed by atoms with Gasteiger partial charge in [-0.15, -0.1) is 5.10 Å². The van der Waals surface area contributed by atoms with Crippen LogP contribution in [-0.4, -0.2) is 52.0 Å². The Morgan fingerprint density at radius 3 is 2.64 bits per heavy atom. The molecule has 2 heterocycles. The number of benzene rings is 2. The molecule has 172 valence electrons. The molecular weight excluding hydrogens is 442 g/mol. The molecule has 2 N–H and O–H groups in total. The molecule has 33 heavy (non-hydrogen) atoms. The molecule has 10 heteroatoms. The molecule has 0 saturated heterocycles. The number of hydrogen-bond acceptors (Lipinski definition) is 7. The average molecular weight is 468 g/mol. The number of aromatic nitrogens is 3. The molecule has 0 aliphatic carbocycles. The predicted molar refractivity (Wildman–Crippen MR) is 127 cm³/mol. The number of nitrogens with zero attached hydrogens (tertiary/aromatic N) is 3. The van der Waals surface area contributed by atoms with Gasteiger partial charge in [0.05, 0.1) is 36.4 Å². The fourth-order valence-electron chi connectivity index (χ4n) is 3.65. The lowest BCUT2D eigenvalue weighted by Gasteiger charge is -2.42. The second-order valence-corrected chi connectivity index (χ2v) is 9.30. The molecule has 1 unspecified atom stereocenters. The van der Waals surface area contributed by atoms with Crippen molar-refractivity contribution in [1.82, 2.24) is 15.2 Å². The summed E-state index contributed by atoms with van der Waals surface area (Å²) in [6.45, 7) is 5.24. The standard InChI is InChI=1S/C23H25N5O4S/c1-13(20(29)28-17-9-7-6-8-16(17)24-21(30)23(28,2)3)33-22-25-19(26-27-22)15-11-10-14(31-4)12-18(15)32-5/h6-13H,1-5H3,(H,24,30)(H,25,26,27). The number of anilines is 2. The van der Waals surface area contributed by atoms with E-state index < -0.39 is 10.8 Å². The Morgan fingerprint density at radius 2 is 1.91 bits per heavy atom. The molecule has 0 spiro atoms. The number of ether oxygens (including phenoxy) is 2. The molecule has 2 aromatic carbocycles. The van der Waals surface area contributed by atoms with Gasteiger partial charge in [-0.1, -0.05) is 23.9 Å². The summed E-state index contributed by atoms with van der Waals surface area (Å²) >= 11 is 1.22. The van der Waals surface area contributed by atoms with Crippen LogP contribution in [-0.2, 0) is 9.59 Å². The Balaban J connectivity index is 1.57. The van der Waals surface area contributed by atoms with Gasteiger partial charge in [0, 0.05) is 6.07 Å². The van der Waals surface area contributed by atoms with Gasteiger partial charge in [0.15, 0.2) is 5.82 Å². The van der Waals surface area contributed by atoms with E-state index in [1.165, 1.54) is 11.8 Å². The summed E-state index contributed by atoms with van der Waals surface area (Å²) in [6, 6.07) is 12.7. The van der Waals surface area contributed by atoms with E-state index in [0.29, 0.717) is 33.9 Å². The lowest BCUT2D eigenvalue weighted by atomic mass is 9.96. The summed E-state index contributed by atoms with van der Waals surface area (Å²) in [5.41, 5.74) is 0.956. The molecule has 1 aliphatic heterocycles. The summed E-state index contributed by atoms with van der Waals surface area (Å²) in [6.07, 6.45) is 0. The summed E-state index contributed by atoms with van der Waals surface area (Å²) in [4.78, 5) is 32.3. The fourth-order valence-corrected chi connectivity index (χ4v) is 4.42. The molecule has 3 aromatic rings. The molecule has 0 radical (unpaired) electrons. The van der Waals surface area contributed by atoms with E-state index in [4.69, 9.17) is 9.47 Å². The van der Waals surface area contributed by atoms with Crippen molar-refractivity contribution in [2.24, 2.45) is 0 Å². The van der Waals surface area contributed by atoms with Crippen LogP contribution in [0.3, 0.4) is 0 Å². The Morgan fingerprint density at radius 1 is 1.15 bits per heavy atom. The van der Waals surface area contributed by atoms with Gasteiger partial charge >= 0.3 is 0 Å². The van der Waals surface area contributed by atoms with Crippen molar-refractivity contribution in [2.75, 3.05) is 24.4 Å². The number of para-hydroxylation sites is 2. The minimum absolute atomic E-state index is 0.208. The Hall–Kier alpha value is -3.53. The molecule has 4 rings (SSSR count). The van der Waals surface area contributed by atoms with Crippen molar-refractivity contribution in [2.45, 2.75) is 36.7 Å².